The number of pyridine rings is 1. The van der Waals surface area contributed by atoms with Crippen LogP contribution in [0.2, 0.25) is 0 Å². The van der Waals surface area contributed by atoms with Gasteiger partial charge >= 0.3 is 0 Å². The fraction of sp³-hybridized carbons (Fsp3) is 0.350. The third-order valence-corrected chi connectivity index (χ3v) is 5.95. The minimum atomic E-state index is -0.151. The van der Waals surface area contributed by atoms with E-state index in [1.54, 1.807) is 11.3 Å². The van der Waals surface area contributed by atoms with Gasteiger partial charge in [-0.2, -0.15) is 4.98 Å². The van der Waals surface area contributed by atoms with Crippen molar-refractivity contribution in [2.24, 2.45) is 0 Å². The normalized spacial score (nSPS) is 17.0. The van der Waals surface area contributed by atoms with Crippen molar-refractivity contribution >= 4 is 32.7 Å². The van der Waals surface area contributed by atoms with Gasteiger partial charge in [-0.3, -0.25) is 4.79 Å². The van der Waals surface area contributed by atoms with Gasteiger partial charge in [0.2, 0.25) is 5.91 Å². The summed E-state index contributed by atoms with van der Waals surface area (Å²) in [5, 5.41) is 3.97. The molecule has 1 aromatic carbocycles. The lowest BCUT2D eigenvalue weighted by molar-refractivity contribution is -0.122. The van der Waals surface area contributed by atoms with Crippen LogP contribution in [0.15, 0.2) is 36.4 Å². The highest BCUT2D eigenvalue weighted by molar-refractivity contribution is 7.22. The topological polar surface area (TPSA) is 58.1 Å². The smallest absolute Gasteiger partial charge is 0.243 e. The predicted octanol–water partition coefficient (Wildman–Crippen LogP) is 3.59. The molecular formula is C20H22N4OS. The maximum atomic E-state index is 12.7. The molecule has 0 saturated carbocycles. The molecule has 5 nitrogen and oxygen atoms in total. The highest BCUT2D eigenvalue weighted by atomic mass is 32.1. The largest absolute Gasteiger partial charge is 0.350 e. The van der Waals surface area contributed by atoms with Crippen molar-refractivity contribution in [3.63, 3.8) is 0 Å². The molecule has 0 aliphatic carbocycles. The lowest BCUT2D eigenvalue weighted by Crippen LogP contribution is -2.43. The fourth-order valence-electron chi connectivity index (χ4n) is 3.33. The molecule has 4 rings (SSSR count). The van der Waals surface area contributed by atoms with Gasteiger partial charge in [-0.05, 0) is 43.9 Å². The summed E-state index contributed by atoms with van der Waals surface area (Å²) in [6.45, 7) is 5.49. The Bertz CT molecular complexity index is 899. The van der Waals surface area contributed by atoms with E-state index in [-0.39, 0.29) is 11.9 Å². The first-order chi connectivity index (χ1) is 12.6. The first-order valence-electron chi connectivity index (χ1n) is 8.95. The Kier molecular flexibility index (Phi) is 4.59. The third-order valence-electron chi connectivity index (χ3n) is 4.93. The number of rotatable bonds is 4. The molecule has 1 atom stereocenters. The van der Waals surface area contributed by atoms with Crippen LogP contribution in [0, 0.1) is 13.8 Å². The second-order valence-corrected chi connectivity index (χ2v) is 7.77. The van der Waals surface area contributed by atoms with Crippen LogP contribution in [0.25, 0.3) is 10.3 Å². The number of carbonyl (C=O) groups is 1. The number of benzene rings is 1. The fourth-order valence-corrected chi connectivity index (χ4v) is 4.41. The molecule has 0 radical (unpaired) electrons. The van der Waals surface area contributed by atoms with Crippen molar-refractivity contribution in [3.8, 4) is 0 Å². The van der Waals surface area contributed by atoms with E-state index in [1.165, 1.54) is 5.56 Å². The second kappa shape index (κ2) is 7.03. The molecule has 3 heterocycles. The number of carbonyl (C=O) groups excluding carboxylic acids is 1. The Morgan fingerprint density at radius 2 is 2.08 bits per heavy atom. The Balaban J connectivity index is 1.51. The lowest BCUT2D eigenvalue weighted by atomic mass is 10.2. The van der Waals surface area contributed by atoms with Gasteiger partial charge in [0.15, 0.2) is 10.8 Å². The number of amides is 1. The van der Waals surface area contributed by atoms with Crippen LogP contribution in [0.5, 0.6) is 0 Å². The highest BCUT2D eigenvalue weighted by Crippen LogP contribution is 2.33. The molecule has 134 valence electrons. The van der Waals surface area contributed by atoms with Crippen LogP contribution in [0.4, 0.5) is 5.13 Å². The van der Waals surface area contributed by atoms with Crippen LogP contribution in [-0.2, 0) is 11.3 Å². The van der Waals surface area contributed by atoms with Crippen molar-refractivity contribution < 1.29 is 4.79 Å². The number of nitrogens with zero attached hydrogens (tertiary/aromatic N) is 3. The molecule has 0 spiro atoms. The van der Waals surface area contributed by atoms with Crippen LogP contribution in [-0.4, -0.2) is 28.5 Å². The summed E-state index contributed by atoms with van der Waals surface area (Å²) in [5.74, 6) is 0.0749. The summed E-state index contributed by atoms with van der Waals surface area (Å²) in [5.41, 5.74) is 4.07. The zero-order valence-corrected chi connectivity index (χ0v) is 15.8. The Hall–Kier alpha value is -2.47. The van der Waals surface area contributed by atoms with Crippen LogP contribution >= 0.6 is 11.3 Å². The molecule has 1 N–H and O–H groups in total. The SMILES string of the molecule is Cc1cc2sc(N3CCC[C@@H]3C(=O)NCc3ccccc3)nc2nc1C. The summed E-state index contributed by atoms with van der Waals surface area (Å²) in [6, 6.07) is 12.0. The molecule has 1 aliphatic rings. The predicted molar refractivity (Wildman–Crippen MR) is 106 cm³/mol. The standard InChI is InChI=1S/C20H22N4OS/c1-13-11-17-18(22-14(13)2)23-20(26-17)24-10-6-9-16(24)19(25)21-12-15-7-4-3-5-8-15/h3-5,7-8,11,16H,6,9-10,12H2,1-2H3,(H,21,25)/t16-/m1/s1. The summed E-state index contributed by atoms with van der Waals surface area (Å²) in [4.78, 5) is 24.2. The molecule has 1 amide bonds. The molecule has 6 heteroatoms. The first-order valence-corrected chi connectivity index (χ1v) is 9.76. The van der Waals surface area contributed by atoms with E-state index in [9.17, 15) is 4.79 Å². The monoisotopic (exact) mass is 366 g/mol. The number of hydrogen-bond acceptors (Lipinski definition) is 5. The average Bonchev–Trinajstić information content (AvgIpc) is 3.27. The molecule has 2 aromatic heterocycles. The van der Waals surface area contributed by atoms with Crippen LogP contribution < -0.4 is 10.2 Å². The van der Waals surface area contributed by atoms with Crippen LogP contribution in [0.3, 0.4) is 0 Å². The Morgan fingerprint density at radius 1 is 1.27 bits per heavy atom. The quantitative estimate of drug-likeness (QED) is 0.767. The third kappa shape index (κ3) is 3.29. The van der Waals surface area contributed by atoms with E-state index in [0.717, 1.165) is 46.1 Å². The molecule has 0 bridgehead atoms. The van der Waals surface area contributed by atoms with Crippen LogP contribution in [0.1, 0.15) is 29.7 Å². The number of nitrogens with one attached hydrogen (secondary N) is 1. The Labute approximate surface area is 157 Å². The molecule has 1 saturated heterocycles. The molecular weight excluding hydrogens is 344 g/mol. The molecule has 1 aliphatic heterocycles. The summed E-state index contributed by atoms with van der Waals surface area (Å²) in [7, 11) is 0. The number of aryl methyl sites for hydroxylation is 2. The highest BCUT2D eigenvalue weighted by Gasteiger charge is 2.32. The number of anilines is 1. The summed E-state index contributed by atoms with van der Waals surface area (Å²) < 4.78 is 1.08. The minimum absolute atomic E-state index is 0.0749. The van der Waals surface area contributed by atoms with E-state index in [1.807, 2.05) is 37.3 Å². The van der Waals surface area contributed by atoms with E-state index in [4.69, 9.17) is 4.98 Å². The number of fused-ring (bicyclic) bond motifs is 1. The zero-order valence-electron chi connectivity index (χ0n) is 15.0. The molecule has 26 heavy (non-hydrogen) atoms. The van der Waals surface area contributed by atoms with Gasteiger partial charge < -0.3 is 10.2 Å². The minimum Gasteiger partial charge on any atom is -0.350 e. The van der Waals surface area contributed by atoms with Gasteiger partial charge in [0.05, 0.1) is 4.70 Å². The van der Waals surface area contributed by atoms with Crippen molar-refractivity contribution in [1.82, 2.24) is 15.3 Å². The molecule has 3 aromatic rings. The van der Waals surface area contributed by atoms with Crippen molar-refractivity contribution in [1.29, 1.82) is 0 Å². The van der Waals surface area contributed by atoms with Gasteiger partial charge in [-0.25, -0.2) is 4.98 Å². The summed E-state index contributed by atoms with van der Waals surface area (Å²) >= 11 is 1.63. The number of aromatic nitrogens is 2. The maximum absolute atomic E-state index is 12.7. The first kappa shape index (κ1) is 17.0. The average molecular weight is 366 g/mol. The van der Waals surface area contributed by atoms with Gasteiger partial charge in [0.25, 0.3) is 0 Å². The second-order valence-electron chi connectivity index (χ2n) is 6.76. The molecule has 0 unspecified atom stereocenters. The zero-order chi connectivity index (χ0) is 18.1. The van der Waals surface area contributed by atoms with Crippen molar-refractivity contribution in [2.45, 2.75) is 39.3 Å². The van der Waals surface area contributed by atoms with E-state index in [0.29, 0.717) is 6.54 Å². The number of hydrogen-bond donors (Lipinski definition) is 1. The van der Waals surface area contributed by atoms with Crippen molar-refractivity contribution in [3.05, 3.63) is 53.2 Å². The summed E-state index contributed by atoms with van der Waals surface area (Å²) in [6.07, 6.45) is 1.87. The van der Waals surface area contributed by atoms with Gasteiger partial charge in [0, 0.05) is 18.8 Å². The van der Waals surface area contributed by atoms with E-state index >= 15 is 0 Å². The van der Waals surface area contributed by atoms with Crippen molar-refractivity contribution in [2.75, 3.05) is 11.4 Å². The number of thiazole rings is 1. The van der Waals surface area contributed by atoms with E-state index in [2.05, 4.69) is 28.2 Å². The molecule has 1 fully saturated rings. The van der Waals surface area contributed by atoms with Gasteiger partial charge in [0.1, 0.15) is 6.04 Å². The van der Waals surface area contributed by atoms with Gasteiger partial charge in [-0.1, -0.05) is 41.7 Å². The Morgan fingerprint density at radius 3 is 2.88 bits per heavy atom. The maximum Gasteiger partial charge on any atom is 0.243 e. The van der Waals surface area contributed by atoms with E-state index < -0.39 is 0 Å². The van der Waals surface area contributed by atoms with Gasteiger partial charge in [-0.15, -0.1) is 0 Å². The lowest BCUT2D eigenvalue weighted by Gasteiger charge is -2.23.